The molecule has 0 saturated heterocycles. The lowest BCUT2D eigenvalue weighted by Crippen LogP contribution is -2.43. The molecule has 0 saturated carbocycles. The van der Waals surface area contributed by atoms with E-state index in [4.69, 9.17) is 10.2 Å². The van der Waals surface area contributed by atoms with Crippen LogP contribution in [0.25, 0.3) is 0 Å². The highest BCUT2D eigenvalue weighted by molar-refractivity contribution is 9.10. The van der Waals surface area contributed by atoms with Crippen molar-refractivity contribution in [3.63, 3.8) is 0 Å². The Bertz CT molecular complexity index is 450. The lowest BCUT2D eigenvalue weighted by molar-refractivity contribution is -0.140. The van der Waals surface area contributed by atoms with Gasteiger partial charge in [-0.05, 0) is 34.5 Å². The number of halogens is 1. The number of aliphatic hydroxyl groups excluding tert-OH is 1. The summed E-state index contributed by atoms with van der Waals surface area (Å²) in [6.07, 6.45) is 1.46. The van der Waals surface area contributed by atoms with Crippen LogP contribution in [0.4, 0.5) is 0 Å². The van der Waals surface area contributed by atoms with E-state index in [2.05, 4.69) is 26.2 Å². The highest BCUT2D eigenvalue weighted by atomic mass is 79.9. The third kappa shape index (κ3) is 3.50. The SMILES string of the molecule is Cc1cc(C(=O)NC(CO)C(=O)O)ncc1Br. The van der Waals surface area contributed by atoms with E-state index in [1.807, 2.05) is 0 Å². The largest absolute Gasteiger partial charge is 0.480 e. The van der Waals surface area contributed by atoms with Gasteiger partial charge in [-0.3, -0.25) is 4.79 Å². The Kier molecular flexibility index (Phi) is 4.59. The summed E-state index contributed by atoms with van der Waals surface area (Å²) < 4.78 is 0.756. The van der Waals surface area contributed by atoms with Crippen LogP contribution >= 0.6 is 15.9 Å². The normalized spacial score (nSPS) is 11.9. The fraction of sp³-hybridized carbons (Fsp3) is 0.300. The lowest BCUT2D eigenvalue weighted by Gasteiger charge is -2.11. The molecule has 0 aliphatic heterocycles. The van der Waals surface area contributed by atoms with Gasteiger partial charge in [0.2, 0.25) is 0 Å². The van der Waals surface area contributed by atoms with Crippen molar-refractivity contribution in [2.75, 3.05) is 6.61 Å². The van der Waals surface area contributed by atoms with Crippen LogP contribution in [0, 0.1) is 6.92 Å². The quantitative estimate of drug-likeness (QED) is 0.744. The third-order valence-electron chi connectivity index (χ3n) is 2.07. The van der Waals surface area contributed by atoms with Crippen molar-refractivity contribution >= 4 is 27.8 Å². The molecule has 0 fully saturated rings. The van der Waals surface area contributed by atoms with Gasteiger partial charge in [0.15, 0.2) is 6.04 Å². The number of aliphatic hydroxyl groups is 1. The smallest absolute Gasteiger partial charge is 0.328 e. The number of carbonyl (C=O) groups is 2. The van der Waals surface area contributed by atoms with Crippen LogP contribution in [0.2, 0.25) is 0 Å². The van der Waals surface area contributed by atoms with Crippen molar-refractivity contribution in [3.8, 4) is 0 Å². The number of carboxylic acids is 1. The summed E-state index contributed by atoms with van der Waals surface area (Å²) in [6, 6.07) is 0.198. The van der Waals surface area contributed by atoms with E-state index in [9.17, 15) is 9.59 Å². The number of aliphatic carboxylic acids is 1. The van der Waals surface area contributed by atoms with Crippen LogP contribution in [0.3, 0.4) is 0 Å². The zero-order chi connectivity index (χ0) is 13.0. The molecule has 6 nitrogen and oxygen atoms in total. The molecule has 1 aromatic heterocycles. The molecule has 92 valence electrons. The maximum atomic E-state index is 11.6. The highest BCUT2D eigenvalue weighted by Crippen LogP contribution is 2.14. The van der Waals surface area contributed by atoms with E-state index < -0.39 is 24.5 Å². The number of aromatic nitrogens is 1. The molecule has 1 amide bonds. The Balaban J connectivity index is 2.82. The molecule has 0 aliphatic rings. The predicted molar refractivity (Wildman–Crippen MR) is 62.6 cm³/mol. The molecule has 0 bridgehead atoms. The molecule has 0 spiro atoms. The Labute approximate surface area is 106 Å². The molecule has 1 unspecified atom stereocenters. The van der Waals surface area contributed by atoms with E-state index in [1.54, 1.807) is 6.92 Å². The second-order valence-electron chi connectivity index (χ2n) is 3.37. The maximum Gasteiger partial charge on any atom is 0.328 e. The molecule has 7 heteroatoms. The van der Waals surface area contributed by atoms with E-state index in [1.165, 1.54) is 12.3 Å². The number of hydrogen-bond acceptors (Lipinski definition) is 4. The first-order chi connectivity index (χ1) is 7.95. The molecule has 0 aliphatic carbocycles. The van der Waals surface area contributed by atoms with Crippen LogP contribution in [-0.4, -0.2) is 39.7 Å². The van der Waals surface area contributed by atoms with Crippen molar-refractivity contribution in [1.82, 2.24) is 10.3 Å². The number of pyridine rings is 1. The minimum absolute atomic E-state index is 0.102. The Morgan fingerprint density at radius 3 is 2.71 bits per heavy atom. The Morgan fingerprint density at radius 2 is 2.24 bits per heavy atom. The van der Waals surface area contributed by atoms with Gasteiger partial charge in [-0.15, -0.1) is 0 Å². The Hall–Kier alpha value is -1.47. The average Bonchev–Trinajstić information content (AvgIpc) is 2.28. The summed E-state index contributed by atoms with van der Waals surface area (Å²) >= 11 is 3.24. The zero-order valence-electron chi connectivity index (χ0n) is 8.98. The van der Waals surface area contributed by atoms with Gasteiger partial charge < -0.3 is 15.5 Å². The molecule has 0 aromatic carbocycles. The van der Waals surface area contributed by atoms with Gasteiger partial charge in [0.1, 0.15) is 5.69 Å². The number of carbonyl (C=O) groups excluding carboxylic acids is 1. The van der Waals surface area contributed by atoms with E-state index in [-0.39, 0.29) is 5.69 Å². The first-order valence-electron chi connectivity index (χ1n) is 4.72. The minimum atomic E-state index is -1.33. The minimum Gasteiger partial charge on any atom is -0.480 e. The number of amides is 1. The highest BCUT2D eigenvalue weighted by Gasteiger charge is 2.20. The van der Waals surface area contributed by atoms with Crippen LogP contribution in [-0.2, 0) is 4.79 Å². The van der Waals surface area contributed by atoms with Crippen molar-refractivity contribution < 1.29 is 19.8 Å². The zero-order valence-corrected chi connectivity index (χ0v) is 10.6. The lowest BCUT2D eigenvalue weighted by atomic mass is 10.2. The summed E-state index contributed by atoms with van der Waals surface area (Å²) in [5.41, 5.74) is 0.909. The van der Waals surface area contributed by atoms with Gasteiger partial charge in [-0.1, -0.05) is 0 Å². The monoisotopic (exact) mass is 302 g/mol. The van der Waals surface area contributed by atoms with Gasteiger partial charge in [0.05, 0.1) is 6.61 Å². The molecule has 1 atom stereocenters. The molecular formula is C10H11BrN2O4. The van der Waals surface area contributed by atoms with E-state index in [0.29, 0.717) is 0 Å². The second-order valence-corrected chi connectivity index (χ2v) is 4.22. The predicted octanol–water partition coefficient (Wildman–Crippen LogP) is 0.328. The average molecular weight is 303 g/mol. The first-order valence-corrected chi connectivity index (χ1v) is 5.51. The first kappa shape index (κ1) is 13.6. The Morgan fingerprint density at radius 1 is 1.59 bits per heavy atom. The fourth-order valence-electron chi connectivity index (χ4n) is 1.08. The van der Waals surface area contributed by atoms with Crippen LogP contribution in [0.1, 0.15) is 16.1 Å². The molecule has 1 heterocycles. The number of aryl methyl sites for hydroxylation is 1. The molecule has 1 rings (SSSR count). The maximum absolute atomic E-state index is 11.6. The summed E-state index contributed by atoms with van der Waals surface area (Å²) in [5.74, 6) is -1.93. The third-order valence-corrected chi connectivity index (χ3v) is 2.90. The van der Waals surface area contributed by atoms with Crippen LogP contribution in [0.5, 0.6) is 0 Å². The summed E-state index contributed by atoms with van der Waals surface area (Å²) in [6.45, 7) is 1.11. The van der Waals surface area contributed by atoms with Crippen LogP contribution < -0.4 is 5.32 Å². The van der Waals surface area contributed by atoms with Crippen molar-refractivity contribution in [2.24, 2.45) is 0 Å². The van der Waals surface area contributed by atoms with E-state index in [0.717, 1.165) is 10.0 Å². The fourth-order valence-corrected chi connectivity index (χ4v) is 1.30. The number of hydrogen-bond donors (Lipinski definition) is 3. The van der Waals surface area contributed by atoms with Crippen molar-refractivity contribution in [1.29, 1.82) is 0 Å². The van der Waals surface area contributed by atoms with Gasteiger partial charge in [-0.25, -0.2) is 9.78 Å². The van der Waals surface area contributed by atoms with Crippen molar-refractivity contribution in [2.45, 2.75) is 13.0 Å². The molecule has 17 heavy (non-hydrogen) atoms. The molecular weight excluding hydrogens is 292 g/mol. The number of carboxylic acid groups (broad SMARTS) is 1. The van der Waals surface area contributed by atoms with Gasteiger partial charge in [0, 0.05) is 10.7 Å². The summed E-state index contributed by atoms with van der Waals surface area (Å²) in [4.78, 5) is 26.1. The second kappa shape index (κ2) is 5.74. The van der Waals surface area contributed by atoms with Gasteiger partial charge in [-0.2, -0.15) is 0 Å². The number of rotatable bonds is 4. The molecule has 1 aromatic rings. The standard InChI is InChI=1S/C10H11BrN2O4/c1-5-2-7(12-3-6(5)11)9(15)13-8(4-14)10(16)17/h2-3,8,14H,4H2,1H3,(H,13,15)(H,16,17). The topological polar surface area (TPSA) is 99.5 Å². The van der Waals surface area contributed by atoms with Gasteiger partial charge >= 0.3 is 5.97 Å². The van der Waals surface area contributed by atoms with Crippen LogP contribution in [0.15, 0.2) is 16.7 Å². The number of nitrogens with one attached hydrogen (secondary N) is 1. The summed E-state index contributed by atoms with van der Waals surface area (Å²) in [5, 5.41) is 19.6. The number of nitrogens with zero attached hydrogens (tertiary/aromatic N) is 1. The van der Waals surface area contributed by atoms with E-state index >= 15 is 0 Å². The van der Waals surface area contributed by atoms with Gasteiger partial charge in [0.25, 0.3) is 5.91 Å². The molecule has 3 N–H and O–H groups in total. The summed E-state index contributed by atoms with van der Waals surface area (Å²) in [7, 11) is 0. The van der Waals surface area contributed by atoms with Crippen molar-refractivity contribution in [3.05, 3.63) is 28.0 Å². The molecule has 0 radical (unpaired) electrons.